The number of aliphatic carboxylic acids is 1. The second-order valence-electron chi connectivity index (χ2n) is 3.95. The lowest BCUT2D eigenvalue weighted by atomic mass is 10.1. The van der Waals surface area contributed by atoms with E-state index < -0.39 is 12.0 Å². The summed E-state index contributed by atoms with van der Waals surface area (Å²) in [5, 5.41) is 11.7. The van der Waals surface area contributed by atoms with E-state index in [9.17, 15) is 9.59 Å². The summed E-state index contributed by atoms with van der Waals surface area (Å²) in [6.07, 6.45) is 2.50. The van der Waals surface area contributed by atoms with Gasteiger partial charge in [-0.25, -0.2) is 4.79 Å². The summed E-state index contributed by atoms with van der Waals surface area (Å²) in [7, 11) is 0. The molecule has 0 saturated carbocycles. The van der Waals surface area contributed by atoms with Gasteiger partial charge in [0, 0.05) is 5.57 Å². The molecule has 1 rings (SSSR count). The minimum Gasteiger partial charge on any atom is -0.479 e. The van der Waals surface area contributed by atoms with Gasteiger partial charge in [0.05, 0.1) is 0 Å². The third kappa shape index (κ3) is 3.73. The average molecular weight is 247 g/mol. The number of hydrogen-bond acceptors (Lipinski definition) is 2. The fourth-order valence-corrected chi connectivity index (χ4v) is 1.58. The van der Waals surface area contributed by atoms with Crippen molar-refractivity contribution in [3.63, 3.8) is 0 Å². The van der Waals surface area contributed by atoms with Crippen LogP contribution in [0.5, 0.6) is 0 Å². The summed E-state index contributed by atoms with van der Waals surface area (Å²) in [4.78, 5) is 23.0. The molecule has 0 radical (unpaired) electrons. The van der Waals surface area contributed by atoms with Crippen molar-refractivity contribution >= 4 is 11.9 Å². The molecule has 1 amide bonds. The van der Waals surface area contributed by atoms with Gasteiger partial charge < -0.3 is 10.4 Å². The van der Waals surface area contributed by atoms with Crippen LogP contribution in [0.4, 0.5) is 0 Å². The highest BCUT2D eigenvalue weighted by Gasteiger charge is 2.21. The Hall–Kier alpha value is -2.10. The molecule has 96 valence electrons. The minimum atomic E-state index is -1.07. The van der Waals surface area contributed by atoms with Gasteiger partial charge in [-0.3, -0.25) is 4.79 Å². The number of amides is 1. The van der Waals surface area contributed by atoms with Gasteiger partial charge in [0.25, 0.3) is 0 Å². The zero-order valence-electron chi connectivity index (χ0n) is 10.5. The lowest BCUT2D eigenvalue weighted by Gasteiger charge is -2.15. The minimum absolute atomic E-state index is 0.354. The van der Waals surface area contributed by atoms with Crippen molar-refractivity contribution in [2.75, 3.05) is 0 Å². The molecule has 2 N–H and O–H groups in total. The molecule has 0 spiro atoms. The molecule has 0 aliphatic rings. The average Bonchev–Trinajstić information content (AvgIpc) is 2.36. The number of nitrogens with one attached hydrogen (secondary N) is 1. The van der Waals surface area contributed by atoms with E-state index in [1.807, 2.05) is 6.92 Å². The first-order valence-electron chi connectivity index (χ1n) is 5.81. The second-order valence-corrected chi connectivity index (χ2v) is 3.95. The highest BCUT2D eigenvalue weighted by atomic mass is 16.4. The molecular formula is C14H17NO3. The molecule has 0 fully saturated rings. The standard InChI is InChI=1S/C14H17NO3/c1-3-7-10(2)13(16)15-12(14(17)18)11-8-5-4-6-9-11/h4-9,12H,3H2,1-2H3,(H,15,16)(H,17,18)/b10-7-/t12-/m0/s1. The number of benzene rings is 1. The van der Waals surface area contributed by atoms with E-state index in [2.05, 4.69) is 5.32 Å². The molecule has 0 aliphatic carbocycles. The maximum absolute atomic E-state index is 11.8. The highest BCUT2D eigenvalue weighted by molar-refractivity contribution is 5.95. The van der Waals surface area contributed by atoms with Crippen LogP contribution in [0.3, 0.4) is 0 Å². The predicted octanol–water partition coefficient (Wildman–Crippen LogP) is 2.28. The molecule has 0 aromatic heterocycles. The number of carboxylic acids is 1. The molecule has 4 heteroatoms. The Morgan fingerprint density at radius 1 is 1.33 bits per heavy atom. The molecule has 0 bridgehead atoms. The summed E-state index contributed by atoms with van der Waals surface area (Å²) in [5.41, 5.74) is 1.09. The fourth-order valence-electron chi connectivity index (χ4n) is 1.58. The first kappa shape index (κ1) is 14.0. The zero-order chi connectivity index (χ0) is 13.5. The Morgan fingerprint density at radius 3 is 2.44 bits per heavy atom. The normalized spacial score (nSPS) is 12.9. The van der Waals surface area contributed by atoms with Crippen molar-refractivity contribution < 1.29 is 14.7 Å². The Kier molecular flexibility index (Phi) is 5.11. The van der Waals surface area contributed by atoms with Crippen LogP contribution in [0.25, 0.3) is 0 Å². The van der Waals surface area contributed by atoms with Gasteiger partial charge in [-0.15, -0.1) is 0 Å². The van der Waals surface area contributed by atoms with Crippen molar-refractivity contribution in [2.24, 2.45) is 0 Å². The smallest absolute Gasteiger partial charge is 0.330 e. The van der Waals surface area contributed by atoms with Gasteiger partial charge >= 0.3 is 5.97 Å². The Morgan fingerprint density at radius 2 is 1.94 bits per heavy atom. The molecule has 1 atom stereocenters. The lowest BCUT2D eigenvalue weighted by Crippen LogP contribution is -2.34. The van der Waals surface area contributed by atoms with E-state index in [-0.39, 0.29) is 5.91 Å². The van der Waals surface area contributed by atoms with Crippen molar-refractivity contribution in [2.45, 2.75) is 26.3 Å². The monoisotopic (exact) mass is 247 g/mol. The number of hydrogen-bond donors (Lipinski definition) is 2. The molecule has 0 aliphatic heterocycles. The van der Waals surface area contributed by atoms with Crippen LogP contribution in [0.15, 0.2) is 42.0 Å². The molecule has 1 aromatic carbocycles. The summed E-state index contributed by atoms with van der Waals surface area (Å²) < 4.78 is 0. The summed E-state index contributed by atoms with van der Waals surface area (Å²) >= 11 is 0. The Labute approximate surface area is 106 Å². The highest BCUT2D eigenvalue weighted by Crippen LogP contribution is 2.13. The largest absolute Gasteiger partial charge is 0.479 e. The van der Waals surface area contributed by atoms with Crippen LogP contribution < -0.4 is 5.32 Å². The SMILES string of the molecule is CC/C=C(/C)C(=O)N[C@H](C(=O)O)c1ccccc1. The summed E-state index contributed by atoms with van der Waals surface area (Å²) in [6.45, 7) is 3.59. The topological polar surface area (TPSA) is 66.4 Å². The first-order valence-corrected chi connectivity index (χ1v) is 5.81. The van der Waals surface area contributed by atoms with Crippen LogP contribution in [0.1, 0.15) is 31.9 Å². The van der Waals surface area contributed by atoms with E-state index in [4.69, 9.17) is 5.11 Å². The third-order valence-corrected chi connectivity index (χ3v) is 2.52. The van der Waals surface area contributed by atoms with Crippen molar-refractivity contribution in [1.82, 2.24) is 5.32 Å². The molecule has 1 aromatic rings. The molecule has 0 heterocycles. The third-order valence-electron chi connectivity index (χ3n) is 2.52. The number of allylic oxidation sites excluding steroid dienone is 1. The maximum Gasteiger partial charge on any atom is 0.330 e. The summed E-state index contributed by atoms with van der Waals surface area (Å²) in [6, 6.07) is 7.62. The zero-order valence-corrected chi connectivity index (χ0v) is 10.5. The van der Waals surface area contributed by atoms with E-state index >= 15 is 0 Å². The van der Waals surface area contributed by atoms with E-state index in [1.54, 1.807) is 43.3 Å². The van der Waals surface area contributed by atoms with Crippen LogP contribution in [0, 0.1) is 0 Å². The van der Waals surface area contributed by atoms with Crippen molar-refractivity contribution in [3.8, 4) is 0 Å². The number of carboxylic acid groups (broad SMARTS) is 1. The van der Waals surface area contributed by atoms with Gasteiger partial charge in [-0.2, -0.15) is 0 Å². The molecule has 0 saturated heterocycles. The van der Waals surface area contributed by atoms with E-state index in [0.29, 0.717) is 11.1 Å². The summed E-state index contributed by atoms with van der Waals surface area (Å²) in [5.74, 6) is -1.42. The second kappa shape index (κ2) is 6.59. The van der Waals surface area contributed by atoms with Gasteiger partial charge in [0.2, 0.25) is 5.91 Å². The van der Waals surface area contributed by atoms with E-state index in [1.165, 1.54) is 0 Å². The lowest BCUT2D eigenvalue weighted by molar-refractivity contribution is -0.141. The van der Waals surface area contributed by atoms with E-state index in [0.717, 1.165) is 6.42 Å². The molecule has 4 nitrogen and oxygen atoms in total. The van der Waals surface area contributed by atoms with Crippen LogP contribution in [-0.2, 0) is 9.59 Å². The molecular weight excluding hydrogens is 230 g/mol. The predicted molar refractivity (Wildman–Crippen MR) is 69.0 cm³/mol. The van der Waals surface area contributed by atoms with Crippen molar-refractivity contribution in [3.05, 3.63) is 47.5 Å². The van der Waals surface area contributed by atoms with Gasteiger partial charge in [-0.1, -0.05) is 43.3 Å². The van der Waals surface area contributed by atoms with Gasteiger partial charge in [0.1, 0.15) is 0 Å². The Bertz CT molecular complexity index is 451. The molecule has 0 unspecified atom stereocenters. The van der Waals surface area contributed by atoms with Gasteiger partial charge in [-0.05, 0) is 18.9 Å². The van der Waals surface area contributed by atoms with Crippen LogP contribution in [-0.4, -0.2) is 17.0 Å². The van der Waals surface area contributed by atoms with Crippen molar-refractivity contribution in [1.29, 1.82) is 0 Å². The molecule has 18 heavy (non-hydrogen) atoms. The first-order chi connectivity index (χ1) is 8.56. The Balaban J connectivity index is 2.86. The number of carbonyl (C=O) groups is 2. The van der Waals surface area contributed by atoms with Gasteiger partial charge in [0.15, 0.2) is 6.04 Å². The number of rotatable bonds is 5. The van der Waals surface area contributed by atoms with Crippen LogP contribution in [0.2, 0.25) is 0 Å². The quantitative estimate of drug-likeness (QED) is 0.784. The number of carbonyl (C=O) groups excluding carboxylic acids is 1. The maximum atomic E-state index is 11.8. The van der Waals surface area contributed by atoms with Crippen LogP contribution >= 0.6 is 0 Å². The fraction of sp³-hybridized carbons (Fsp3) is 0.286.